The molecule has 0 radical (unpaired) electrons. The van der Waals surface area contributed by atoms with E-state index >= 15 is 0 Å². The first-order chi connectivity index (χ1) is 12.1. The summed E-state index contributed by atoms with van der Waals surface area (Å²) in [6.45, 7) is -0.165. The topological polar surface area (TPSA) is 72.1 Å². The van der Waals surface area contributed by atoms with Crippen LogP contribution in [-0.4, -0.2) is 40.7 Å². The lowest BCUT2D eigenvalue weighted by Gasteiger charge is -2.28. The Morgan fingerprint density at radius 2 is 1.96 bits per heavy atom. The molecule has 0 saturated carbocycles. The highest BCUT2D eigenvalue weighted by atomic mass is 35.6. The number of halogens is 7. The predicted octanol–water partition coefficient (Wildman–Crippen LogP) is 3.75. The average Bonchev–Trinajstić information content (AvgIpc) is 3.14. The minimum absolute atomic E-state index is 0.131. The summed E-state index contributed by atoms with van der Waals surface area (Å²) in [7, 11) is 0. The van der Waals surface area contributed by atoms with Crippen LogP contribution in [0.4, 0.5) is 19.0 Å². The molecule has 0 amide bonds. The van der Waals surface area contributed by atoms with E-state index in [0.717, 1.165) is 4.80 Å². The maximum Gasteiger partial charge on any atom is 0.455 e. The number of hydrogen-bond donors (Lipinski definition) is 0. The first kappa shape index (κ1) is 19.4. The Balaban J connectivity index is 1.88. The predicted molar refractivity (Wildman–Crippen MR) is 90.7 cm³/mol. The lowest BCUT2D eigenvalue weighted by Crippen LogP contribution is -2.38. The number of aromatic nitrogens is 5. The van der Waals surface area contributed by atoms with E-state index in [1.54, 1.807) is 12.1 Å². The molecule has 2 aromatic heterocycles. The number of alkyl halides is 6. The number of tetrazole rings is 1. The van der Waals surface area contributed by atoms with E-state index < -0.39 is 21.8 Å². The van der Waals surface area contributed by atoms with Gasteiger partial charge in [-0.2, -0.15) is 23.1 Å². The molecule has 2 aromatic rings. The molecule has 0 saturated heterocycles. The molecule has 1 unspecified atom stereocenters. The van der Waals surface area contributed by atoms with E-state index in [-0.39, 0.29) is 23.8 Å². The Kier molecular flexibility index (Phi) is 5.22. The van der Waals surface area contributed by atoms with Gasteiger partial charge in [0, 0.05) is 12.6 Å². The number of anilines is 1. The van der Waals surface area contributed by atoms with Crippen LogP contribution in [0.3, 0.4) is 0 Å². The van der Waals surface area contributed by atoms with Gasteiger partial charge < -0.3 is 0 Å². The second-order valence-electron chi connectivity index (χ2n) is 5.22. The molecule has 7 nitrogen and oxygen atoms in total. The molecule has 0 aromatic carbocycles. The summed E-state index contributed by atoms with van der Waals surface area (Å²) in [6, 6.07) is 2.44. The monoisotopic (exact) mass is 447 g/mol. The fraction of sp³-hybridized carbons (Fsp3) is 0.417. The zero-order chi connectivity index (χ0) is 19.1. The molecule has 0 N–H and O–H groups in total. The smallest absolute Gasteiger partial charge is 0.239 e. The van der Waals surface area contributed by atoms with Crippen LogP contribution in [0.5, 0.6) is 0 Å². The van der Waals surface area contributed by atoms with Crippen molar-refractivity contribution in [1.82, 2.24) is 25.2 Å². The van der Waals surface area contributed by atoms with Gasteiger partial charge >= 0.3 is 6.18 Å². The van der Waals surface area contributed by atoms with E-state index in [1.165, 1.54) is 11.2 Å². The molecule has 140 valence electrons. The van der Waals surface area contributed by atoms with Crippen molar-refractivity contribution in [2.45, 2.75) is 29.0 Å². The van der Waals surface area contributed by atoms with Gasteiger partial charge in [0.2, 0.25) is 3.79 Å². The highest BCUT2D eigenvalue weighted by Crippen LogP contribution is 2.41. The quantitative estimate of drug-likeness (QED) is 0.668. The molecule has 1 aliphatic rings. The summed E-state index contributed by atoms with van der Waals surface area (Å²) < 4.78 is 36.0. The van der Waals surface area contributed by atoms with Gasteiger partial charge in [0.1, 0.15) is 12.6 Å². The Labute approximate surface area is 164 Å². The van der Waals surface area contributed by atoms with E-state index in [1.807, 2.05) is 0 Å². The maximum absolute atomic E-state index is 12.6. The minimum atomic E-state index is -4.69. The first-order valence-electron chi connectivity index (χ1n) is 6.93. The minimum Gasteiger partial charge on any atom is -0.239 e. The second-order valence-corrected chi connectivity index (χ2v) is 8.00. The zero-order valence-corrected chi connectivity index (χ0v) is 15.5. The van der Waals surface area contributed by atoms with Gasteiger partial charge in [-0.15, -0.1) is 10.2 Å². The summed E-state index contributed by atoms with van der Waals surface area (Å²) in [5, 5.41) is 15.5. The molecule has 1 aliphatic heterocycles. The fourth-order valence-corrected chi connectivity index (χ4v) is 2.97. The third kappa shape index (κ3) is 4.13. The Morgan fingerprint density at radius 3 is 2.54 bits per heavy atom. The number of hydrazone groups is 1. The van der Waals surface area contributed by atoms with Crippen LogP contribution >= 0.6 is 46.4 Å². The normalized spacial score (nSPS) is 18.3. The molecule has 3 rings (SSSR count). The largest absolute Gasteiger partial charge is 0.455 e. The molecule has 3 heterocycles. The number of rotatable bonds is 3. The molecule has 0 aliphatic carbocycles. The Morgan fingerprint density at radius 1 is 1.23 bits per heavy atom. The van der Waals surface area contributed by atoms with Crippen molar-refractivity contribution in [3.05, 3.63) is 29.2 Å². The van der Waals surface area contributed by atoms with E-state index in [2.05, 4.69) is 25.5 Å². The highest BCUT2D eigenvalue weighted by Gasteiger charge is 2.44. The third-order valence-corrected chi connectivity index (χ3v) is 4.39. The zero-order valence-electron chi connectivity index (χ0n) is 12.5. The lowest BCUT2D eigenvalue weighted by molar-refractivity contribution is -0.145. The summed E-state index contributed by atoms with van der Waals surface area (Å²) in [6.07, 6.45) is -3.08. The molecule has 0 spiro atoms. The summed E-state index contributed by atoms with van der Waals surface area (Å²) in [4.78, 5) is 4.88. The summed E-state index contributed by atoms with van der Waals surface area (Å²) in [5.41, 5.74) is 0.370. The van der Waals surface area contributed by atoms with E-state index in [9.17, 15) is 13.2 Å². The van der Waals surface area contributed by atoms with Crippen molar-refractivity contribution in [3.8, 4) is 0 Å². The Bertz CT molecular complexity index is 833. The van der Waals surface area contributed by atoms with Gasteiger partial charge in [0.15, 0.2) is 5.82 Å². The molecule has 0 bridgehead atoms. The van der Waals surface area contributed by atoms with Gasteiger partial charge in [-0.25, -0.2) is 9.99 Å². The number of hydrogen-bond acceptors (Lipinski definition) is 6. The third-order valence-electron chi connectivity index (χ3n) is 3.34. The SMILES string of the molecule is FC(F)(F)c1nnn(CC2=NN(c3ncccc3Cl)C(C(Cl)(Cl)Cl)C2)n1. The van der Waals surface area contributed by atoms with Crippen molar-refractivity contribution in [2.24, 2.45) is 5.10 Å². The van der Waals surface area contributed by atoms with Crippen molar-refractivity contribution < 1.29 is 13.2 Å². The van der Waals surface area contributed by atoms with Gasteiger partial charge in [0.05, 0.1) is 10.7 Å². The maximum atomic E-state index is 12.6. The van der Waals surface area contributed by atoms with Crippen LogP contribution in [-0.2, 0) is 12.7 Å². The standard InChI is InChI=1S/C12H8Cl4F3N7/c13-7-2-1-3-20-9(7)26-8(11(14,15)16)4-6(22-26)5-25-23-10(21-24-25)12(17,18)19/h1-3,8H,4-5H2. The van der Waals surface area contributed by atoms with Gasteiger partial charge in [-0.05, 0) is 17.3 Å². The number of nitrogens with zero attached hydrogens (tertiary/aromatic N) is 7. The van der Waals surface area contributed by atoms with Gasteiger partial charge in [-0.3, -0.25) is 0 Å². The lowest BCUT2D eigenvalue weighted by atomic mass is 10.1. The summed E-state index contributed by atoms with van der Waals surface area (Å²) >= 11 is 24.2. The molecule has 14 heteroatoms. The molecule has 1 atom stereocenters. The van der Waals surface area contributed by atoms with Crippen LogP contribution in [0.15, 0.2) is 23.4 Å². The highest BCUT2D eigenvalue weighted by molar-refractivity contribution is 6.68. The van der Waals surface area contributed by atoms with Crippen molar-refractivity contribution in [1.29, 1.82) is 0 Å². The molecule has 0 fully saturated rings. The van der Waals surface area contributed by atoms with Crippen LogP contribution in [0, 0.1) is 0 Å². The first-order valence-corrected chi connectivity index (χ1v) is 8.44. The Hall–Kier alpha value is -1.36. The van der Waals surface area contributed by atoms with E-state index in [0.29, 0.717) is 5.71 Å². The number of pyridine rings is 1. The molecule has 26 heavy (non-hydrogen) atoms. The summed E-state index contributed by atoms with van der Waals surface area (Å²) in [5.74, 6) is -1.10. The van der Waals surface area contributed by atoms with Crippen molar-refractivity contribution in [2.75, 3.05) is 5.01 Å². The van der Waals surface area contributed by atoms with E-state index in [4.69, 9.17) is 46.4 Å². The van der Waals surface area contributed by atoms with Gasteiger partial charge in [-0.1, -0.05) is 46.4 Å². The average molecular weight is 449 g/mol. The van der Waals surface area contributed by atoms with Crippen LogP contribution in [0.25, 0.3) is 0 Å². The second kappa shape index (κ2) is 6.99. The van der Waals surface area contributed by atoms with Crippen LogP contribution in [0.2, 0.25) is 5.02 Å². The van der Waals surface area contributed by atoms with Crippen molar-refractivity contribution in [3.63, 3.8) is 0 Å². The molecular formula is C12H8Cl4F3N7. The van der Waals surface area contributed by atoms with Crippen LogP contribution < -0.4 is 5.01 Å². The molecular weight excluding hydrogens is 441 g/mol. The van der Waals surface area contributed by atoms with Crippen molar-refractivity contribution >= 4 is 57.9 Å². The van der Waals surface area contributed by atoms with Gasteiger partial charge in [0.25, 0.3) is 5.82 Å². The fourth-order valence-electron chi connectivity index (χ4n) is 2.25. The van der Waals surface area contributed by atoms with Crippen LogP contribution in [0.1, 0.15) is 12.2 Å².